The normalized spacial score (nSPS) is 24.8. The number of hydrogen-bond acceptors (Lipinski definition) is 3. The highest BCUT2D eigenvalue weighted by Gasteiger charge is 2.35. The van der Waals surface area contributed by atoms with Crippen LogP contribution in [0.4, 0.5) is 0 Å². The van der Waals surface area contributed by atoms with Gasteiger partial charge >= 0.3 is 0 Å². The number of fused-ring (bicyclic) bond motifs is 3. The Balaban J connectivity index is 1.45. The third-order valence-corrected chi connectivity index (χ3v) is 5.36. The Morgan fingerprint density at radius 2 is 1.95 bits per heavy atom. The van der Waals surface area contributed by atoms with Crippen LogP contribution in [0.25, 0.3) is 10.8 Å². The Hall–Kier alpha value is -1.32. The molecule has 2 aliphatic heterocycles. The molecule has 0 N–H and O–H groups in total. The highest BCUT2D eigenvalue weighted by Crippen LogP contribution is 2.35. The smallest absolute Gasteiger partial charge is 0.221 e. The molecule has 0 spiro atoms. The fourth-order valence-electron chi connectivity index (χ4n) is 4.07. The van der Waals surface area contributed by atoms with Gasteiger partial charge in [-0.15, -0.1) is 0 Å². The molecule has 2 unspecified atom stereocenters. The van der Waals surface area contributed by atoms with Crippen molar-refractivity contribution in [1.29, 1.82) is 0 Å². The number of hydrogen-bond donors (Lipinski definition) is 0. The van der Waals surface area contributed by atoms with Crippen molar-refractivity contribution in [2.75, 3.05) is 13.2 Å². The molecule has 2 atom stereocenters. The molecule has 22 heavy (non-hydrogen) atoms. The van der Waals surface area contributed by atoms with Gasteiger partial charge in [0.15, 0.2) is 0 Å². The third kappa shape index (κ3) is 2.68. The second-order valence-corrected chi connectivity index (χ2v) is 6.82. The molecule has 2 saturated heterocycles. The molecule has 0 aliphatic carbocycles. The summed E-state index contributed by atoms with van der Waals surface area (Å²) >= 11 is 6.10. The Kier molecular flexibility index (Phi) is 3.93. The summed E-state index contributed by atoms with van der Waals surface area (Å²) in [5, 5.41) is 2.84. The van der Waals surface area contributed by atoms with Crippen molar-refractivity contribution >= 4 is 22.4 Å². The Labute approximate surface area is 136 Å². The van der Waals surface area contributed by atoms with Gasteiger partial charge < -0.3 is 4.74 Å². The SMILES string of the molecule is Clc1ccc2ccnc(OCCN3C4CCCC3CC4)c2c1. The summed E-state index contributed by atoms with van der Waals surface area (Å²) in [4.78, 5) is 7.04. The van der Waals surface area contributed by atoms with Crippen LogP contribution in [-0.2, 0) is 0 Å². The van der Waals surface area contributed by atoms with Gasteiger partial charge in [-0.1, -0.05) is 24.1 Å². The lowest BCUT2D eigenvalue weighted by Crippen LogP contribution is -2.41. The molecule has 4 heteroatoms. The van der Waals surface area contributed by atoms with Gasteiger partial charge in [-0.25, -0.2) is 4.98 Å². The molecule has 3 heterocycles. The molecule has 2 fully saturated rings. The topological polar surface area (TPSA) is 25.4 Å². The van der Waals surface area contributed by atoms with E-state index in [-0.39, 0.29) is 0 Å². The van der Waals surface area contributed by atoms with Gasteiger partial charge in [0, 0.05) is 35.2 Å². The quantitative estimate of drug-likeness (QED) is 0.841. The number of nitrogens with zero attached hydrogens (tertiary/aromatic N) is 2. The fraction of sp³-hybridized carbons (Fsp3) is 0.500. The standard InChI is InChI=1S/C18H21ClN2O/c19-14-5-4-13-8-9-20-18(17(13)12-14)22-11-10-21-15-2-1-3-16(21)7-6-15/h4-5,8-9,12,15-16H,1-3,6-7,10-11H2. The molecule has 1 aromatic heterocycles. The van der Waals surface area contributed by atoms with Gasteiger partial charge in [0.2, 0.25) is 5.88 Å². The van der Waals surface area contributed by atoms with Crippen LogP contribution in [0, 0.1) is 0 Å². The van der Waals surface area contributed by atoms with Crippen LogP contribution in [-0.4, -0.2) is 35.1 Å². The summed E-state index contributed by atoms with van der Waals surface area (Å²) in [6.07, 6.45) is 8.66. The Morgan fingerprint density at radius 1 is 1.14 bits per heavy atom. The fourth-order valence-corrected chi connectivity index (χ4v) is 4.24. The molecular formula is C18H21ClN2O. The summed E-state index contributed by atoms with van der Waals surface area (Å²) in [6, 6.07) is 9.41. The summed E-state index contributed by atoms with van der Waals surface area (Å²) < 4.78 is 5.99. The summed E-state index contributed by atoms with van der Waals surface area (Å²) in [7, 11) is 0. The summed E-state index contributed by atoms with van der Waals surface area (Å²) in [6.45, 7) is 1.71. The van der Waals surface area contributed by atoms with E-state index in [4.69, 9.17) is 16.3 Å². The largest absolute Gasteiger partial charge is 0.476 e. The van der Waals surface area contributed by atoms with Crippen molar-refractivity contribution < 1.29 is 4.74 Å². The number of ether oxygens (including phenoxy) is 1. The van der Waals surface area contributed by atoms with E-state index in [0.29, 0.717) is 12.5 Å². The lowest BCUT2D eigenvalue weighted by atomic mass is 10.0. The molecule has 2 aromatic rings. The maximum atomic E-state index is 6.10. The first-order valence-corrected chi connectivity index (χ1v) is 8.62. The first kappa shape index (κ1) is 14.3. The maximum Gasteiger partial charge on any atom is 0.221 e. The van der Waals surface area contributed by atoms with Crippen LogP contribution in [0.1, 0.15) is 32.1 Å². The molecule has 0 radical (unpaired) electrons. The second-order valence-electron chi connectivity index (χ2n) is 6.38. The van der Waals surface area contributed by atoms with Gasteiger partial charge in [0.1, 0.15) is 6.61 Å². The van der Waals surface area contributed by atoms with Crippen LogP contribution in [0.2, 0.25) is 5.02 Å². The van der Waals surface area contributed by atoms with Crippen LogP contribution < -0.4 is 4.74 Å². The van der Waals surface area contributed by atoms with Gasteiger partial charge in [-0.3, -0.25) is 4.90 Å². The molecule has 2 aliphatic rings. The monoisotopic (exact) mass is 316 g/mol. The average molecular weight is 317 g/mol. The van der Waals surface area contributed by atoms with E-state index in [9.17, 15) is 0 Å². The van der Waals surface area contributed by atoms with Crippen LogP contribution in [0.15, 0.2) is 30.5 Å². The molecular weight excluding hydrogens is 296 g/mol. The van der Waals surface area contributed by atoms with Crippen molar-refractivity contribution in [3.05, 3.63) is 35.5 Å². The second kappa shape index (κ2) is 6.05. The Morgan fingerprint density at radius 3 is 2.77 bits per heavy atom. The van der Waals surface area contributed by atoms with Gasteiger partial charge in [-0.05, 0) is 49.3 Å². The highest BCUT2D eigenvalue weighted by atomic mass is 35.5. The summed E-state index contributed by atoms with van der Waals surface area (Å²) in [5.74, 6) is 0.698. The van der Waals surface area contributed by atoms with E-state index in [1.807, 2.05) is 24.3 Å². The lowest BCUT2D eigenvalue weighted by molar-refractivity contribution is 0.115. The van der Waals surface area contributed by atoms with Gasteiger partial charge in [0.05, 0.1) is 0 Å². The van der Waals surface area contributed by atoms with E-state index < -0.39 is 0 Å². The number of halogens is 1. The van der Waals surface area contributed by atoms with Crippen LogP contribution in [0.5, 0.6) is 5.88 Å². The molecule has 1 aromatic carbocycles. The number of pyridine rings is 1. The van der Waals surface area contributed by atoms with Crippen molar-refractivity contribution in [2.24, 2.45) is 0 Å². The lowest BCUT2D eigenvalue weighted by Gasteiger charge is -2.34. The van der Waals surface area contributed by atoms with Crippen molar-refractivity contribution in [3.8, 4) is 5.88 Å². The van der Waals surface area contributed by atoms with E-state index >= 15 is 0 Å². The van der Waals surface area contributed by atoms with E-state index in [1.165, 1.54) is 32.1 Å². The van der Waals surface area contributed by atoms with Crippen LogP contribution in [0.3, 0.4) is 0 Å². The number of piperidine rings is 1. The zero-order chi connectivity index (χ0) is 14.9. The summed E-state index contributed by atoms with van der Waals surface area (Å²) in [5.41, 5.74) is 0. The molecule has 0 amide bonds. The molecule has 116 valence electrons. The minimum Gasteiger partial charge on any atom is -0.476 e. The van der Waals surface area contributed by atoms with E-state index in [1.54, 1.807) is 6.20 Å². The number of benzene rings is 1. The molecule has 2 bridgehead atoms. The molecule has 4 rings (SSSR count). The Bertz CT molecular complexity index is 659. The average Bonchev–Trinajstić information content (AvgIpc) is 2.76. The first-order chi connectivity index (χ1) is 10.8. The van der Waals surface area contributed by atoms with Crippen LogP contribution >= 0.6 is 11.6 Å². The zero-order valence-corrected chi connectivity index (χ0v) is 13.4. The minimum atomic E-state index is 0.698. The predicted molar refractivity (Wildman–Crippen MR) is 89.6 cm³/mol. The van der Waals surface area contributed by atoms with E-state index in [2.05, 4.69) is 9.88 Å². The number of rotatable bonds is 4. The third-order valence-electron chi connectivity index (χ3n) is 5.13. The minimum absolute atomic E-state index is 0.698. The molecule has 0 saturated carbocycles. The number of aromatic nitrogens is 1. The van der Waals surface area contributed by atoms with Gasteiger partial charge in [-0.2, -0.15) is 0 Å². The maximum absolute atomic E-state index is 6.10. The predicted octanol–water partition coefficient (Wildman–Crippen LogP) is 4.28. The van der Waals surface area contributed by atoms with E-state index in [0.717, 1.165) is 34.4 Å². The first-order valence-electron chi connectivity index (χ1n) is 8.24. The highest BCUT2D eigenvalue weighted by molar-refractivity contribution is 6.31. The van der Waals surface area contributed by atoms with Crippen molar-refractivity contribution in [3.63, 3.8) is 0 Å². The van der Waals surface area contributed by atoms with Crippen molar-refractivity contribution in [2.45, 2.75) is 44.2 Å². The van der Waals surface area contributed by atoms with Crippen molar-refractivity contribution in [1.82, 2.24) is 9.88 Å². The van der Waals surface area contributed by atoms with Gasteiger partial charge in [0.25, 0.3) is 0 Å². The zero-order valence-electron chi connectivity index (χ0n) is 12.7. The molecule has 3 nitrogen and oxygen atoms in total.